The van der Waals surface area contributed by atoms with E-state index in [0.717, 1.165) is 22.8 Å². The third-order valence-electron chi connectivity index (χ3n) is 3.87. The number of hydrogen-bond donors (Lipinski definition) is 0. The molecule has 2 aromatic carbocycles. The Bertz CT molecular complexity index is 825. The number of aryl methyl sites for hydroxylation is 4. The van der Waals surface area contributed by atoms with Gasteiger partial charge in [-0.25, -0.2) is 0 Å². The Morgan fingerprint density at radius 1 is 0.821 bits per heavy atom. The Hall–Kier alpha value is -0.450. The molecule has 153 valence electrons. The van der Waals surface area contributed by atoms with Crippen molar-refractivity contribution in [3.63, 3.8) is 0 Å². The summed E-state index contributed by atoms with van der Waals surface area (Å²) in [6.07, 6.45) is 2.04. The number of allylic oxidation sites excluding steroid dienone is 2. The van der Waals surface area contributed by atoms with Gasteiger partial charge in [-0.05, 0) is 45.7 Å². The van der Waals surface area contributed by atoms with Crippen molar-refractivity contribution in [1.82, 2.24) is 0 Å². The maximum absolute atomic E-state index is 5.03. The molecule has 0 amide bonds. The zero-order chi connectivity index (χ0) is 21.5. The molecule has 0 fully saturated rings. The summed E-state index contributed by atoms with van der Waals surface area (Å²) in [4.78, 5) is 4.76. The molecule has 0 saturated carbocycles. The molecule has 0 aliphatic rings. The molecule has 0 radical (unpaired) electrons. The zero-order valence-corrected chi connectivity index (χ0v) is 22.1. The van der Waals surface area contributed by atoms with Crippen LogP contribution in [0.2, 0.25) is 0 Å². The minimum atomic E-state index is -3.21. The van der Waals surface area contributed by atoms with E-state index < -0.39 is 12.8 Å². The number of rotatable bonds is 4. The predicted molar refractivity (Wildman–Crippen MR) is 125 cm³/mol. The van der Waals surface area contributed by atoms with E-state index >= 15 is 0 Å². The summed E-state index contributed by atoms with van der Waals surface area (Å²) in [5.41, 5.74) is 8.83. The van der Waals surface area contributed by atoms with E-state index in [1.165, 1.54) is 22.3 Å². The third kappa shape index (κ3) is 9.84. The van der Waals surface area contributed by atoms with Gasteiger partial charge in [0.25, 0.3) is 0 Å². The van der Waals surface area contributed by atoms with Crippen molar-refractivity contribution in [2.75, 3.05) is 0 Å². The molecule has 7 heteroatoms. The summed E-state index contributed by atoms with van der Waals surface area (Å²) >= 11 is -3.21. The van der Waals surface area contributed by atoms with Gasteiger partial charge in [-0.2, -0.15) is 5.70 Å². The number of para-hydroxylation sites is 2. The molecule has 28 heavy (non-hydrogen) atoms. The zero-order valence-electron chi connectivity index (χ0n) is 16.9. The first kappa shape index (κ1) is 25.6. The van der Waals surface area contributed by atoms with Gasteiger partial charge in [-0.1, -0.05) is 60.5 Å². The average molecular weight is 540 g/mol. The van der Waals surface area contributed by atoms with Crippen LogP contribution in [-0.4, -0.2) is 5.71 Å². The summed E-state index contributed by atoms with van der Waals surface area (Å²) in [6.45, 7) is 12.4. The first-order valence-electron chi connectivity index (χ1n) is 8.64. The summed E-state index contributed by atoms with van der Waals surface area (Å²) < 4.78 is 0. The van der Waals surface area contributed by atoms with Crippen molar-refractivity contribution < 1.29 is 12.8 Å². The molecule has 2 nitrogen and oxygen atoms in total. The Morgan fingerprint density at radius 2 is 1.21 bits per heavy atom. The van der Waals surface area contributed by atoms with Gasteiger partial charge < -0.3 is 5.32 Å². The molecule has 0 N–H and O–H groups in total. The number of aliphatic imine (C=N–C) groups is 1. The molecule has 0 spiro atoms. The summed E-state index contributed by atoms with van der Waals surface area (Å²) in [7, 11) is 20.1. The van der Waals surface area contributed by atoms with Crippen LogP contribution in [0.1, 0.15) is 36.1 Å². The number of hydrogen-bond acceptors (Lipinski definition) is 1. The standard InChI is InChI=1S/C21H25N2.4ClH.Nb/c1-14-9-7-10-15(2)20(14)22-18(5)13-19(6)23-21-16(3)11-8-12-17(21)4;;;;;/h7-13H,1-6H3;4*1H;/q-1;;;;;+4/p-4/b18-13-,23-19?;;;;;. The summed E-state index contributed by atoms with van der Waals surface area (Å²) in [6, 6.07) is 12.5. The van der Waals surface area contributed by atoms with Crippen LogP contribution < -0.4 is 0 Å². The van der Waals surface area contributed by atoms with E-state index in [4.69, 9.17) is 47.1 Å². The molecule has 0 heterocycles. The van der Waals surface area contributed by atoms with Crippen molar-refractivity contribution in [2.45, 2.75) is 41.5 Å². The summed E-state index contributed by atoms with van der Waals surface area (Å²) in [5.74, 6) is 0. The van der Waals surface area contributed by atoms with Crippen LogP contribution in [-0.2, 0) is 12.8 Å². The van der Waals surface area contributed by atoms with Gasteiger partial charge in [0.1, 0.15) is 0 Å². The van der Waals surface area contributed by atoms with Gasteiger partial charge in [0, 0.05) is 5.71 Å². The second-order valence-electron chi connectivity index (χ2n) is 6.51. The van der Waals surface area contributed by atoms with Crippen LogP contribution in [0, 0.1) is 27.7 Å². The van der Waals surface area contributed by atoms with Crippen LogP contribution in [0.3, 0.4) is 0 Å². The van der Waals surface area contributed by atoms with E-state index in [1.807, 2.05) is 19.9 Å². The van der Waals surface area contributed by atoms with Crippen molar-refractivity contribution in [1.29, 1.82) is 0 Å². The average Bonchev–Trinajstić information content (AvgIpc) is 2.53. The number of halogens is 4. The monoisotopic (exact) mass is 538 g/mol. The Morgan fingerprint density at radius 3 is 1.64 bits per heavy atom. The quantitative estimate of drug-likeness (QED) is 0.273. The normalized spacial score (nSPS) is 12.4. The first-order chi connectivity index (χ1) is 12.9. The van der Waals surface area contributed by atoms with E-state index in [-0.39, 0.29) is 0 Å². The Labute approximate surface area is 187 Å². The molecular weight excluding hydrogens is 515 g/mol. The van der Waals surface area contributed by atoms with E-state index in [2.05, 4.69) is 64.1 Å². The molecule has 0 aliphatic carbocycles. The number of benzene rings is 2. The fourth-order valence-corrected chi connectivity index (χ4v) is 2.68. The maximum atomic E-state index is 5.03. The van der Waals surface area contributed by atoms with Crippen LogP contribution in [0.25, 0.3) is 5.32 Å². The van der Waals surface area contributed by atoms with Gasteiger partial charge in [0.2, 0.25) is 0 Å². The van der Waals surface area contributed by atoms with E-state index in [9.17, 15) is 0 Å². The minimum absolute atomic E-state index is 0.967. The molecule has 0 atom stereocenters. The molecule has 0 unspecified atom stereocenters. The first-order valence-corrected chi connectivity index (χ1v) is 20.0. The molecule has 2 rings (SSSR count). The number of nitrogens with zero attached hydrogens (tertiary/aromatic N) is 2. The summed E-state index contributed by atoms with van der Waals surface area (Å²) in [5, 5.41) is 4.76. The molecule has 0 bridgehead atoms. The third-order valence-corrected chi connectivity index (χ3v) is 3.87. The van der Waals surface area contributed by atoms with Crippen LogP contribution >= 0.6 is 36.8 Å². The van der Waals surface area contributed by atoms with E-state index in [1.54, 1.807) is 0 Å². The van der Waals surface area contributed by atoms with Crippen LogP contribution in [0.5, 0.6) is 0 Å². The van der Waals surface area contributed by atoms with Crippen molar-refractivity contribution in [3.8, 4) is 0 Å². The van der Waals surface area contributed by atoms with Gasteiger partial charge >= 0.3 is 49.6 Å². The molecule has 0 aliphatic heterocycles. The van der Waals surface area contributed by atoms with Gasteiger partial charge in [0.15, 0.2) is 0 Å². The predicted octanol–water partition coefficient (Wildman–Crippen LogP) is 9.38. The Kier molecular flexibility index (Phi) is 10.7. The van der Waals surface area contributed by atoms with Crippen LogP contribution in [0.4, 0.5) is 11.4 Å². The van der Waals surface area contributed by atoms with Crippen molar-refractivity contribution in [3.05, 3.63) is 75.7 Å². The second kappa shape index (κ2) is 11.7. The van der Waals surface area contributed by atoms with Crippen molar-refractivity contribution >= 4 is 53.8 Å². The van der Waals surface area contributed by atoms with E-state index in [0.29, 0.717) is 0 Å². The van der Waals surface area contributed by atoms with Crippen LogP contribution in [0.15, 0.2) is 53.2 Å². The SMILES string of the molecule is CC(/C=C(/C)[N-]c1c(C)cccc1C)=Nc1c(C)cccc1C.[Cl][Nb]([Cl])([Cl])[Cl]. The van der Waals surface area contributed by atoms with Gasteiger partial charge in [-0.15, -0.1) is 5.69 Å². The molecular formula is C21H25Cl4N2Nb-. The van der Waals surface area contributed by atoms with Crippen molar-refractivity contribution in [2.24, 2.45) is 4.99 Å². The topological polar surface area (TPSA) is 26.5 Å². The van der Waals surface area contributed by atoms with Gasteiger partial charge in [0.05, 0.1) is 5.69 Å². The second-order valence-corrected chi connectivity index (χ2v) is 26.5. The fraction of sp³-hybridized carbons (Fsp3) is 0.286. The Balaban J connectivity index is 0.000000696. The van der Waals surface area contributed by atoms with Gasteiger partial charge in [-0.3, -0.25) is 4.99 Å². The fourth-order valence-electron chi connectivity index (χ4n) is 2.68. The molecule has 0 saturated heterocycles. The molecule has 0 aromatic heterocycles. The molecule has 2 aromatic rings.